The molecule has 2 heteroatoms. The lowest BCUT2D eigenvalue weighted by Crippen LogP contribution is -1.76. The maximum atomic E-state index is 6.95. The average Bonchev–Trinajstić information content (AvgIpc) is 2.17. The van der Waals surface area contributed by atoms with Crippen molar-refractivity contribution >= 4 is 6.21 Å². The van der Waals surface area contributed by atoms with Crippen LogP contribution in [0.15, 0.2) is 0 Å². The molecule has 1 aromatic rings. The molecule has 0 aliphatic carbocycles. The minimum atomic E-state index is 0.551. The molecule has 0 unspecified atom stereocenters. The minimum absolute atomic E-state index is 0.551. The average molecular weight is 94.1 g/mol. The second kappa shape index (κ2) is 1.03. The van der Waals surface area contributed by atoms with E-state index in [2.05, 4.69) is 0 Å². The van der Waals surface area contributed by atoms with Crippen LogP contribution in [0.4, 0.5) is 0 Å². The lowest BCUT2D eigenvalue weighted by atomic mass is 10.5. The van der Waals surface area contributed by atoms with E-state index in [9.17, 15) is 0 Å². The normalized spacial score (nSPS) is 9.86. The molecule has 0 amide bonds. The van der Waals surface area contributed by atoms with E-state index in [4.69, 9.17) is 10.8 Å². The van der Waals surface area contributed by atoms with Gasteiger partial charge in [-0.05, 0) is 12.5 Å². The predicted molar refractivity (Wildman–Crippen MR) is 27.3 cm³/mol. The van der Waals surface area contributed by atoms with Crippen molar-refractivity contribution in [3.05, 3.63) is 16.5 Å². The summed E-state index contributed by atoms with van der Waals surface area (Å²) in [6.07, 6.45) is 1.22. The Labute approximate surface area is 41.5 Å². The number of hydrogen-bond acceptors (Lipinski definition) is 2. The molecule has 0 aromatic heterocycles. The van der Waals surface area contributed by atoms with Crippen molar-refractivity contribution in [3.63, 3.8) is 0 Å². The third kappa shape index (κ3) is 0.393. The topological polar surface area (TPSA) is 47.7 Å². The van der Waals surface area contributed by atoms with E-state index >= 15 is 0 Å². The van der Waals surface area contributed by atoms with Gasteiger partial charge in [-0.15, -0.1) is 0 Å². The molecule has 0 saturated heterocycles. The van der Waals surface area contributed by atoms with Crippen LogP contribution >= 0.6 is 0 Å². The molecule has 0 fully saturated rings. The van der Waals surface area contributed by atoms with E-state index < -0.39 is 0 Å². The van der Waals surface area contributed by atoms with E-state index in [1.807, 2.05) is 6.92 Å². The highest BCUT2D eigenvalue weighted by Crippen LogP contribution is 1.99. The Morgan fingerprint density at radius 2 is 2.00 bits per heavy atom. The highest BCUT2D eigenvalue weighted by Gasteiger charge is 2.08. The summed E-state index contributed by atoms with van der Waals surface area (Å²) in [6, 6.07) is 0. The van der Waals surface area contributed by atoms with Crippen LogP contribution in [0.3, 0.4) is 0 Å². The zero-order valence-corrected chi connectivity index (χ0v) is 4.08. The second-order valence-electron chi connectivity index (χ2n) is 1.56. The third-order valence-electron chi connectivity index (χ3n) is 1.13. The molecular weight excluding hydrogens is 88.1 g/mol. The number of hydrogen-bond donors (Lipinski definition) is 2. The molecule has 0 aliphatic heterocycles. The standard InChI is InChI=1S/C5H6N2/c1-3-4(2-6)5(3)7/h2,6-7H,1H3. The molecule has 0 spiro atoms. The monoisotopic (exact) mass is 94.1 g/mol. The second-order valence-corrected chi connectivity index (χ2v) is 1.56. The van der Waals surface area contributed by atoms with Crippen LogP contribution in [0, 0.1) is 17.7 Å². The van der Waals surface area contributed by atoms with Crippen LogP contribution in [0.25, 0.3) is 0 Å². The molecule has 36 valence electrons. The zero-order chi connectivity index (χ0) is 5.44. The summed E-state index contributed by atoms with van der Waals surface area (Å²) in [5.41, 5.74) is 1.77. The summed E-state index contributed by atoms with van der Waals surface area (Å²) >= 11 is 0. The van der Waals surface area contributed by atoms with E-state index in [1.54, 1.807) is 0 Å². The molecule has 2 nitrogen and oxygen atoms in total. The highest BCUT2D eigenvalue weighted by atomic mass is 14.5. The Kier molecular flexibility index (Phi) is 0.622. The Bertz CT molecular complexity index is 203. The molecule has 0 aliphatic rings. The van der Waals surface area contributed by atoms with Gasteiger partial charge in [0.05, 0.1) is 5.36 Å². The molecular formula is C5H6N2. The summed E-state index contributed by atoms with van der Waals surface area (Å²) < 4.78 is 0. The summed E-state index contributed by atoms with van der Waals surface area (Å²) in [6.45, 7) is 1.85. The van der Waals surface area contributed by atoms with Crippen LogP contribution in [0.1, 0.15) is 11.1 Å². The lowest BCUT2D eigenvalue weighted by Gasteiger charge is -1.57. The van der Waals surface area contributed by atoms with E-state index in [0.29, 0.717) is 5.36 Å². The maximum Gasteiger partial charge on any atom is 0.0667 e. The van der Waals surface area contributed by atoms with Crippen LogP contribution in [-0.2, 0) is 0 Å². The summed E-state index contributed by atoms with van der Waals surface area (Å²) in [4.78, 5) is 0. The van der Waals surface area contributed by atoms with Crippen molar-refractivity contribution in [2.45, 2.75) is 6.92 Å². The minimum Gasteiger partial charge on any atom is -0.308 e. The Hall–Kier alpha value is -0.920. The van der Waals surface area contributed by atoms with Gasteiger partial charge in [-0.1, -0.05) is 0 Å². The van der Waals surface area contributed by atoms with Gasteiger partial charge >= 0.3 is 0 Å². The smallest absolute Gasteiger partial charge is 0.0667 e. The van der Waals surface area contributed by atoms with Gasteiger partial charge in [-0.3, -0.25) is 5.41 Å². The van der Waals surface area contributed by atoms with Gasteiger partial charge in [0, 0.05) is 11.8 Å². The quantitative estimate of drug-likeness (QED) is 0.472. The first-order valence-corrected chi connectivity index (χ1v) is 2.08. The van der Waals surface area contributed by atoms with E-state index in [-0.39, 0.29) is 0 Å². The Morgan fingerprint density at radius 1 is 1.57 bits per heavy atom. The highest BCUT2D eigenvalue weighted by molar-refractivity contribution is 5.84. The molecule has 1 rings (SSSR count). The molecule has 1 aromatic carbocycles. The third-order valence-corrected chi connectivity index (χ3v) is 1.13. The van der Waals surface area contributed by atoms with Crippen molar-refractivity contribution in [1.82, 2.24) is 0 Å². The van der Waals surface area contributed by atoms with E-state index in [1.165, 1.54) is 6.21 Å². The first-order chi connectivity index (χ1) is 3.27. The summed E-state index contributed by atoms with van der Waals surface area (Å²) in [7, 11) is 0. The van der Waals surface area contributed by atoms with Gasteiger partial charge in [-0.25, -0.2) is 0 Å². The largest absolute Gasteiger partial charge is 0.308 e. The van der Waals surface area contributed by atoms with Crippen molar-refractivity contribution in [3.8, 4) is 0 Å². The first kappa shape index (κ1) is 4.24. The van der Waals surface area contributed by atoms with Gasteiger partial charge in [0.2, 0.25) is 0 Å². The zero-order valence-electron chi connectivity index (χ0n) is 4.08. The lowest BCUT2D eigenvalue weighted by molar-refractivity contribution is 1.34. The number of rotatable bonds is 1. The van der Waals surface area contributed by atoms with Crippen LogP contribution < -0.4 is 5.36 Å². The molecule has 0 radical (unpaired) electrons. The van der Waals surface area contributed by atoms with Gasteiger partial charge in [0.15, 0.2) is 0 Å². The fraction of sp³-hybridized carbons (Fsp3) is 0.200. The molecule has 7 heavy (non-hydrogen) atoms. The first-order valence-electron chi connectivity index (χ1n) is 2.08. The summed E-state index contributed by atoms with van der Waals surface area (Å²) in [5.74, 6) is 0. The van der Waals surface area contributed by atoms with Crippen molar-refractivity contribution in [2.75, 3.05) is 0 Å². The molecule has 0 heterocycles. The fourth-order valence-electron chi connectivity index (χ4n) is 0.481. The van der Waals surface area contributed by atoms with Gasteiger partial charge in [0.1, 0.15) is 0 Å². The molecule has 0 saturated carbocycles. The maximum absolute atomic E-state index is 6.95. The van der Waals surface area contributed by atoms with Crippen LogP contribution in [0.5, 0.6) is 0 Å². The van der Waals surface area contributed by atoms with Gasteiger partial charge in [0.25, 0.3) is 0 Å². The number of nitrogens with one attached hydrogen (secondary N) is 2. The molecule has 0 atom stereocenters. The Balaban J connectivity index is 3.02. The SMILES string of the molecule is Cc1c(C=N)c1=N. The Morgan fingerprint density at radius 3 is 2.00 bits per heavy atom. The fourth-order valence-corrected chi connectivity index (χ4v) is 0.481. The predicted octanol–water partition coefficient (Wildman–Crippen LogP) is 0.348. The van der Waals surface area contributed by atoms with Crippen LogP contribution in [-0.4, -0.2) is 6.21 Å². The summed E-state index contributed by atoms with van der Waals surface area (Å²) in [5, 5.41) is 14.2. The van der Waals surface area contributed by atoms with Crippen molar-refractivity contribution in [2.24, 2.45) is 0 Å². The van der Waals surface area contributed by atoms with Crippen molar-refractivity contribution < 1.29 is 0 Å². The molecule has 2 N–H and O–H groups in total. The molecule has 0 bridgehead atoms. The van der Waals surface area contributed by atoms with Crippen LogP contribution in [0.2, 0.25) is 0 Å². The van der Waals surface area contributed by atoms with Gasteiger partial charge in [-0.2, -0.15) is 0 Å². The van der Waals surface area contributed by atoms with Gasteiger partial charge < -0.3 is 5.41 Å². The van der Waals surface area contributed by atoms with E-state index in [0.717, 1.165) is 11.1 Å². The van der Waals surface area contributed by atoms with Crippen molar-refractivity contribution in [1.29, 1.82) is 10.8 Å².